The zero-order chi connectivity index (χ0) is 24.1. The average molecular weight is 452 g/mol. The Labute approximate surface area is 195 Å². The van der Waals surface area contributed by atoms with Gasteiger partial charge >= 0.3 is 0 Å². The highest BCUT2D eigenvalue weighted by atomic mass is 16.5. The van der Waals surface area contributed by atoms with Crippen LogP contribution in [0.2, 0.25) is 0 Å². The number of carbonyl (C=O) groups is 2. The number of hydrogen-bond acceptors (Lipinski definition) is 5. The normalized spacial score (nSPS) is 17.8. The molecule has 1 aliphatic rings. The van der Waals surface area contributed by atoms with Crippen molar-refractivity contribution in [2.45, 2.75) is 53.2 Å². The molecule has 1 N–H and O–H groups in total. The van der Waals surface area contributed by atoms with Crippen molar-refractivity contribution in [3.05, 3.63) is 65.2 Å². The summed E-state index contributed by atoms with van der Waals surface area (Å²) in [6.45, 7) is 11.0. The first-order valence-corrected chi connectivity index (χ1v) is 11.5. The number of nitrogens with zero attached hydrogens (tertiary/aromatic N) is 1. The molecule has 6 heteroatoms. The maximum atomic E-state index is 13.0. The third-order valence-corrected chi connectivity index (χ3v) is 5.28. The van der Waals surface area contributed by atoms with E-state index in [1.165, 1.54) is 4.90 Å². The fraction of sp³-hybridized carbons (Fsp3) is 0.407. The van der Waals surface area contributed by atoms with Crippen molar-refractivity contribution >= 4 is 17.4 Å². The molecule has 2 aromatic carbocycles. The van der Waals surface area contributed by atoms with E-state index in [1.54, 1.807) is 24.3 Å². The number of aliphatic hydroxyl groups excluding tert-OH is 1. The average Bonchev–Trinajstić information content (AvgIpc) is 3.03. The minimum atomic E-state index is -0.673. The molecule has 6 nitrogen and oxygen atoms in total. The third-order valence-electron chi connectivity index (χ3n) is 5.28. The number of ether oxygens (including phenoxy) is 2. The molecule has 0 saturated carbocycles. The molecular weight excluding hydrogens is 418 g/mol. The van der Waals surface area contributed by atoms with Crippen LogP contribution in [0.5, 0.6) is 11.5 Å². The molecule has 1 saturated heterocycles. The fourth-order valence-corrected chi connectivity index (χ4v) is 3.83. The molecule has 176 valence electrons. The van der Waals surface area contributed by atoms with Crippen LogP contribution in [0.3, 0.4) is 0 Å². The van der Waals surface area contributed by atoms with E-state index in [9.17, 15) is 14.7 Å². The van der Waals surface area contributed by atoms with Crippen LogP contribution in [-0.2, 0) is 9.59 Å². The number of likely N-dealkylation sites (tertiary alicyclic amines) is 1. The van der Waals surface area contributed by atoms with Crippen molar-refractivity contribution < 1.29 is 24.2 Å². The molecule has 1 fully saturated rings. The minimum Gasteiger partial charge on any atom is -0.507 e. The van der Waals surface area contributed by atoms with Gasteiger partial charge in [0, 0.05) is 12.1 Å². The van der Waals surface area contributed by atoms with Crippen LogP contribution in [0.25, 0.3) is 5.76 Å². The summed E-state index contributed by atoms with van der Waals surface area (Å²) < 4.78 is 11.4. The lowest BCUT2D eigenvalue weighted by molar-refractivity contribution is -0.139. The van der Waals surface area contributed by atoms with Crippen molar-refractivity contribution in [3.8, 4) is 11.5 Å². The van der Waals surface area contributed by atoms with Crippen molar-refractivity contribution in [3.63, 3.8) is 0 Å². The van der Waals surface area contributed by atoms with E-state index >= 15 is 0 Å². The highest BCUT2D eigenvalue weighted by Gasteiger charge is 2.45. The second kappa shape index (κ2) is 10.6. The van der Waals surface area contributed by atoms with Gasteiger partial charge in [0.25, 0.3) is 11.7 Å². The molecule has 0 aromatic heterocycles. The summed E-state index contributed by atoms with van der Waals surface area (Å²) in [5.41, 5.74) is 1.31. The molecular formula is C27H33NO5. The number of ketones is 1. The van der Waals surface area contributed by atoms with Gasteiger partial charge < -0.3 is 19.5 Å². The van der Waals surface area contributed by atoms with Gasteiger partial charge in [-0.25, -0.2) is 0 Å². The van der Waals surface area contributed by atoms with E-state index in [0.717, 1.165) is 11.3 Å². The fourth-order valence-electron chi connectivity index (χ4n) is 3.83. The molecule has 1 aliphatic heterocycles. The first-order valence-electron chi connectivity index (χ1n) is 11.5. The van der Waals surface area contributed by atoms with Crippen molar-refractivity contribution in [2.24, 2.45) is 5.92 Å². The monoisotopic (exact) mass is 451 g/mol. The number of carbonyl (C=O) groups excluding carboxylic acids is 2. The molecule has 33 heavy (non-hydrogen) atoms. The van der Waals surface area contributed by atoms with Gasteiger partial charge in [0.1, 0.15) is 17.3 Å². The molecule has 0 bridgehead atoms. The zero-order valence-electron chi connectivity index (χ0n) is 20.0. The second-order valence-electron chi connectivity index (χ2n) is 8.96. The van der Waals surface area contributed by atoms with E-state index in [4.69, 9.17) is 9.47 Å². The summed E-state index contributed by atoms with van der Waals surface area (Å²) in [6, 6.07) is 13.6. The smallest absolute Gasteiger partial charge is 0.295 e. The quantitative estimate of drug-likeness (QED) is 0.316. The maximum absolute atomic E-state index is 13.0. The third kappa shape index (κ3) is 5.56. The molecule has 1 amide bonds. The van der Waals surface area contributed by atoms with E-state index < -0.39 is 17.7 Å². The van der Waals surface area contributed by atoms with Crippen molar-refractivity contribution in [1.29, 1.82) is 0 Å². The standard InChI is InChI=1S/C27H33NO5/c1-6-15-28-24(19-7-11-21(12-8-19)32-16-17(2)3)23(26(30)27(28)31)25(29)20-9-13-22(14-10-20)33-18(4)5/h7-14,17-18,24,29H,6,15-16H2,1-5H3/b25-23-. The van der Waals surface area contributed by atoms with Gasteiger partial charge in [-0.3, -0.25) is 9.59 Å². The van der Waals surface area contributed by atoms with Crippen molar-refractivity contribution in [1.82, 2.24) is 4.90 Å². The predicted octanol–water partition coefficient (Wildman–Crippen LogP) is 5.34. The summed E-state index contributed by atoms with van der Waals surface area (Å²) in [7, 11) is 0. The van der Waals surface area contributed by atoms with E-state index in [-0.39, 0.29) is 17.4 Å². The SMILES string of the molecule is CCCN1C(=O)C(=O)/C(=C(\O)c2ccc(OC(C)C)cc2)C1c1ccc(OCC(C)C)cc1. The number of rotatable bonds is 9. The zero-order valence-corrected chi connectivity index (χ0v) is 20.0. The van der Waals surface area contributed by atoms with Crippen LogP contribution in [-0.4, -0.2) is 41.0 Å². The number of aliphatic hydroxyl groups is 1. The molecule has 2 aromatic rings. The Bertz CT molecular complexity index is 1010. The second-order valence-corrected chi connectivity index (χ2v) is 8.96. The molecule has 1 atom stereocenters. The molecule has 3 rings (SSSR count). The first-order chi connectivity index (χ1) is 15.7. The van der Waals surface area contributed by atoms with E-state index in [2.05, 4.69) is 13.8 Å². The highest BCUT2D eigenvalue weighted by Crippen LogP contribution is 2.40. The van der Waals surface area contributed by atoms with E-state index in [1.807, 2.05) is 45.0 Å². The Kier molecular flexibility index (Phi) is 7.79. The Morgan fingerprint density at radius 2 is 1.58 bits per heavy atom. The topological polar surface area (TPSA) is 76.1 Å². The molecule has 1 heterocycles. The predicted molar refractivity (Wildman–Crippen MR) is 128 cm³/mol. The lowest BCUT2D eigenvalue weighted by atomic mass is 9.95. The number of hydrogen-bond donors (Lipinski definition) is 1. The Balaban J connectivity index is 2.00. The van der Waals surface area contributed by atoms with E-state index in [0.29, 0.717) is 36.8 Å². The summed E-state index contributed by atoms with van der Waals surface area (Å²) in [5, 5.41) is 11.1. The van der Waals surface area contributed by atoms with Gasteiger partial charge in [-0.1, -0.05) is 32.9 Å². The molecule has 0 aliphatic carbocycles. The number of benzene rings is 2. The van der Waals surface area contributed by atoms with Crippen LogP contribution in [0.15, 0.2) is 54.1 Å². The highest BCUT2D eigenvalue weighted by molar-refractivity contribution is 6.46. The number of amides is 1. The van der Waals surface area contributed by atoms with Crippen LogP contribution in [0.4, 0.5) is 0 Å². The van der Waals surface area contributed by atoms with Gasteiger partial charge in [-0.2, -0.15) is 0 Å². The number of Topliss-reactive ketones (excluding diaryl/α,β-unsaturated/α-hetero) is 1. The molecule has 0 radical (unpaired) electrons. The van der Waals surface area contributed by atoms with Gasteiger partial charge in [0.05, 0.1) is 24.3 Å². The van der Waals surface area contributed by atoms with Crippen LogP contribution < -0.4 is 9.47 Å². The van der Waals surface area contributed by atoms with Gasteiger partial charge in [-0.15, -0.1) is 0 Å². The van der Waals surface area contributed by atoms with Crippen molar-refractivity contribution in [2.75, 3.05) is 13.2 Å². The first kappa shape index (κ1) is 24.4. The lowest BCUT2D eigenvalue weighted by Gasteiger charge is -2.25. The maximum Gasteiger partial charge on any atom is 0.295 e. The molecule has 1 unspecified atom stereocenters. The summed E-state index contributed by atoms with van der Waals surface area (Å²) in [5.74, 6) is 0.339. The Morgan fingerprint density at radius 3 is 2.12 bits per heavy atom. The van der Waals surface area contributed by atoms with Gasteiger partial charge in [0.2, 0.25) is 0 Å². The Hall–Kier alpha value is -3.28. The summed E-state index contributed by atoms with van der Waals surface area (Å²) >= 11 is 0. The largest absolute Gasteiger partial charge is 0.507 e. The Morgan fingerprint density at radius 1 is 0.970 bits per heavy atom. The van der Waals surface area contributed by atoms with Gasteiger partial charge in [0.15, 0.2) is 0 Å². The minimum absolute atomic E-state index is 0.0244. The van der Waals surface area contributed by atoms with Crippen LogP contribution in [0.1, 0.15) is 58.2 Å². The molecule has 0 spiro atoms. The summed E-state index contributed by atoms with van der Waals surface area (Å²) in [6.07, 6.45) is 0.719. The van der Waals surface area contributed by atoms with Crippen LogP contribution in [0, 0.1) is 5.92 Å². The van der Waals surface area contributed by atoms with Crippen LogP contribution >= 0.6 is 0 Å². The lowest BCUT2D eigenvalue weighted by Crippen LogP contribution is -2.30. The summed E-state index contributed by atoms with van der Waals surface area (Å²) in [4.78, 5) is 27.4. The van der Waals surface area contributed by atoms with Gasteiger partial charge in [-0.05, 0) is 68.1 Å².